The Labute approximate surface area is 230 Å². The van der Waals surface area contributed by atoms with Gasteiger partial charge in [0.1, 0.15) is 0 Å². The summed E-state index contributed by atoms with van der Waals surface area (Å²) in [5, 5.41) is 0. The van der Waals surface area contributed by atoms with E-state index in [-0.39, 0.29) is 22.8 Å². The van der Waals surface area contributed by atoms with E-state index in [2.05, 4.69) is 13.8 Å². The van der Waals surface area contributed by atoms with E-state index < -0.39 is 16.5 Å². The van der Waals surface area contributed by atoms with Gasteiger partial charge in [-0.1, -0.05) is 162 Å². The van der Waals surface area contributed by atoms with Crippen LogP contribution in [0.3, 0.4) is 0 Å². The molecule has 1 atom stereocenters. The van der Waals surface area contributed by atoms with E-state index in [9.17, 15) is 13.0 Å². The van der Waals surface area contributed by atoms with E-state index in [4.69, 9.17) is 4.18 Å². The maximum atomic E-state index is 11.1. The van der Waals surface area contributed by atoms with Crippen LogP contribution in [-0.2, 0) is 14.6 Å². The molecule has 2 N–H and O–H groups in total. The van der Waals surface area contributed by atoms with E-state index in [0.29, 0.717) is 12.8 Å². The average molecular weight is 535 g/mol. The molecule has 7 heteroatoms. The first-order chi connectivity index (χ1) is 16.0. The third-order valence-corrected chi connectivity index (χ3v) is 7.27. The molecule has 5 nitrogen and oxygen atoms in total. The SMILES string of the molecule is CCCCCCCCCCCCCCCCCC(CCCCCCCCCC)OS(=O)(=O)[O-].O.[Al+3]. The Balaban J connectivity index is -0.00000512. The van der Waals surface area contributed by atoms with Crippen molar-refractivity contribution in [3.63, 3.8) is 0 Å². The molecule has 0 aromatic rings. The molecule has 0 bridgehead atoms. The van der Waals surface area contributed by atoms with Gasteiger partial charge in [-0.3, -0.25) is 4.18 Å². The quantitative estimate of drug-likeness (QED) is 0.0457. The van der Waals surface area contributed by atoms with Gasteiger partial charge in [0.15, 0.2) is 0 Å². The van der Waals surface area contributed by atoms with Gasteiger partial charge in [0.25, 0.3) is 0 Å². The molecule has 0 aliphatic carbocycles. The first-order valence-electron chi connectivity index (χ1n) is 14.6. The van der Waals surface area contributed by atoms with Crippen molar-refractivity contribution in [1.82, 2.24) is 0 Å². The van der Waals surface area contributed by atoms with Gasteiger partial charge in [0.05, 0.1) is 6.10 Å². The van der Waals surface area contributed by atoms with E-state index >= 15 is 0 Å². The number of unbranched alkanes of at least 4 members (excludes halogenated alkanes) is 21. The van der Waals surface area contributed by atoms with E-state index in [1.54, 1.807) is 0 Å². The molecule has 0 amide bonds. The maximum Gasteiger partial charge on any atom is 3.00 e. The van der Waals surface area contributed by atoms with Crippen molar-refractivity contribution >= 4 is 27.8 Å². The minimum Gasteiger partial charge on any atom is -0.726 e. The van der Waals surface area contributed by atoms with Crippen LogP contribution in [0.5, 0.6) is 0 Å². The number of rotatable bonds is 27. The van der Waals surface area contributed by atoms with Crippen LogP contribution in [0.1, 0.15) is 174 Å². The van der Waals surface area contributed by atoms with Crippen molar-refractivity contribution in [1.29, 1.82) is 0 Å². The summed E-state index contributed by atoms with van der Waals surface area (Å²) >= 11 is 0. The second kappa shape index (κ2) is 30.6. The standard InChI is InChI=1S/C28H58O4S.Al.H2O/c1-3-5-7-9-11-13-14-15-16-17-18-19-21-23-25-27-28(32-33(29,30)31)26-24-22-20-12-10-8-6-4-2;;/h28H,3-27H2,1-2H3,(H,29,30,31);;1H2/q;+3;/p-1. The molecule has 0 fully saturated rings. The van der Waals surface area contributed by atoms with Gasteiger partial charge in [-0.05, 0) is 12.8 Å². The predicted molar refractivity (Wildman–Crippen MR) is 151 cm³/mol. The summed E-state index contributed by atoms with van der Waals surface area (Å²) in [5.41, 5.74) is 0. The van der Waals surface area contributed by atoms with Crippen LogP contribution in [0.25, 0.3) is 0 Å². The summed E-state index contributed by atoms with van der Waals surface area (Å²) in [7, 11) is -4.60. The fourth-order valence-electron chi connectivity index (χ4n) is 4.66. The van der Waals surface area contributed by atoms with Crippen molar-refractivity contribution in [2.75, 3.05) is 0 Å². The van der Waals surface area contributed by atoms with Gasteiger partial charge in [-0.25, -0.2) is 8.42 Å². The summed E-state index contributed by atoms with van der Waals surface area (Å²) < 4.78 is 38.0. The Morgan fingerprint density at radius 2 is 0.743 bits per heavy atom. The third kappa shape index (κ3) is 34.4. The largest absolute Gasteiger partial charge is 3.00 e. The molecule has 0 aromatic heterocycles. The average Bonchev–Trinajstić information content (AvgIpc) is 2.77. The molecule has 0 radical (unpaired) electrons. The van der Waals surface area contributed by atoms with Crippen LogP contribution < -0.4 is 0 Å². The number of hydrogen-bond donors (Lipinski definition) is 0. The van der Waals surface area contributed by atoms with Crippen LogP contribution in [-0.4, -0.2) is 41.9 Å². The van der Waals surface area contributed by atoms with Crippen molar-refractivity contribution in [2.45, 2.75) is 180 Å². The molecule has 0 spiro atoms. The molecular formula is C28H59AlO5S+2. The van der Waals surface area contributed by atoms with E-state index in [1.165, 1.54) is 122 Å². The van der Waals surface area contributed by atoms with Crippen molar-refractivity contribution in [3.8, 4) is 0 Å². The maximum absolute atomic E-state index is 11.1. The first-order valence-corrected chi connectivity index (χ1v) is 16.0. The Hall–Kier alpha value is 0.362. The molecule has 0 aromatic carbocycles. The molecule has 0 rings (SSSR count). The summed E-state index contributed by atoms with van der Waals surface area (Å²) in [4.78, 5) is 0. The Morgan fingerprint density at radius 1 is 0.514 bits per heavy atom. The van der Waals surface area contributed by atoms with Gasteiger partial charge < -0.3 is 10.0 Å². The zero-order chi connectivity index (χ0) is 24.5. The van der Waals surface area contributed by atoms with Gasteiger partial charge in [0, 0.05) is 0 Å². The Bertz CT molecular complexity index is 488. The molecule has 0 saturated carbocycles. The molecular weight excluding hydrogens is 475 g/mol. The topological polar surface area (TPSA) is 97.9 Å². The number of hydrogen-bond acceptors (Lipinski definition) is 4. The van der Waals surface area contributed by atoms with Gasteiger partial charge in [-0.15, -0.1) is 0 Å². The summed E-state index contributed by atoms with van der Waals surface area (Å²) in [6.45, 7) is 4.49. The van der Waals surface area contributed by atoms with E-state index in [1.807, 2.05) is 0 Å². The zero-order valence-electron chi connectivity index (χ0n) is 23.4. The Morgan fingerprint density at radius 3 is 0.971 bits per heavy atom. The molecule has 35 heavy (non-hydrogen) atoms. The smallest absolute Gasteiger partial charge is 0.726 e. The Kier molecular flexibility index (Phi) is 34.8. The zero-order valence-corrected chi connectivity index (χ0v) is 25.3. The normalized spacial score (nSPS) is 12.2. The van der Waals surface area contributed by atoms with Crippen molar-refractivity contribution in [3.05, 3.63) is 0 Å². The van der Waals surface area contributed by atoms with Gasteiger partial charge in [0.2, 0.25) is 10.4 Å². The third-order valence-electron chi connectivity index (χ3n) is 6.76. The van der Waals surface area contributed by atoms with Gasteiger partial charge in [-0.2, -0.15) is 0 Å². The summed E-state index contributed by atoms with van der Waals surface area (Å²) in [6.07, 6.45) is 30.3. The molecule has 0 heterocycles. The minimum absolute atomic E-state index is 0. The van der Waals surface area contributed by atoms with Crippen LogP contribution >= 0.6 is 0 Å². The predicted octanol–water partition coefficient (Wildman–Crippen LogP) is 8.42. The second-order valence-corrected chi connectivity index (χ2v) is 11.1. The van der Waals surface area contributed by atoms with E-state index in [0.717, 1.165) is 25.7 Å². The fourth-order valence-corrected chi connectivity index (χ4v) is 5.18. The second-order valence-electron chi connectivity index (χ2n) is 10.1. The monoisotopic (exact) mass is 534 g/mol. The molecule has 0 aliphatic rings. The summed E-state index contributed by atoms with van der Waals surface area (Å²) in [6, 6.07) is 0. The molecule has 1 unspecified atom stereocenters. The van der Waals surface area contributed by atoms with Gasteiger partial charge >= 0.3 is 17.4 Å². The molecule has 0 aliphatic heterocycles. The van der Waals surface area contributed by atoms with Crippen LogP contribution in [0.2, 0.25) is 0 Å². The first kappa shape index (κ1) is 39.9. The van der Waals surface area contributed by atoms with Crippen LogP contribution in [0, 0.1) is 0 Å². The van der Waals surface area contributed by atoms with Crippen molar-refractivity contribution < 1.29 is 22.6 Å². The molecule has 0 saturated heterocycles. The summed E-state index contributed by atoms with van der Waals surface area (Å²) in [5.74, 6) is 0. The minimum atomic E-state index is -4.60. The molecule has 208 valence electrons. The fraction of sp³-hybridized carbons (Fsp3) is 1.00. The van der Waals surface area contributed by atoms with Crippen molar-refractivity contribution in [2.24, 2.45) is 0 Å². The van der Waals surface area contributed by atoms with Crippen LogP contribution in [0.15, 0.2) is 0 Å². The van der Waals surface area contributed by atoms with Crippen LogP contribution in [0.4, 0.5) is 0 Å².